The second-order valence-corrected chi connectivity index (χ2v) is 6.21. The van der Waals surface area contributed by atoms with Gasteiger partial charge in [-0.2, -0.15) is 0 Å². The topological polar surface area (TPSA) is 29.5 Å². The van der Waals surface area contributed by atoms with Crippen LogP contribution in [0.2, 0.25) is 0 Å². The average molecular weight is 287 g/mol. The first-order valence-corrected chi connectivity index (χ1v) is 8.30. The first-order valence-electron chi connectivity index (χ1n) is 8.30. The minimum absolute atomic E-state index is 0.179. The van der Waals surface area contributed by atoms with Crippen molar-refractivity contribution >= 4 is 5.91 Å². The summed E-state index contributed by atoms with van der Waals surface area (Å²) >= 11 is 0. The van der Waals surface area contributed by atoms with E-state index in [2.05, 4.69) is 29.2 Å². The van der Waals surface area contributed by atoms with Crippen LogP contribution in [0.4, 0.5) is 0 Å². The highest BCUT2D eigenvalue weighted by Gasteiger charge is 2.33. The van der Waals surface area contributed by atoms with Crippen molar-refractivity contribution in [2.24, 2.45) is 0 Å². The molecular formula is C18H25NO2. The van der Waals surface area contributed by atoms with Gasteiger partial charge in [0, 0.05) is 19.2 Å². The smallest absolute Gasteiger partial charge is 0.251 e. The molecular weight excluding hydrogens is 262 g/mol. The van der Waals surface area contributed by atoms with E-state index in [1.54, 1.807) is 0 Å². The molecule has 2 aliphatic rings. The van der Waals surface area contributed by atoms with Crippen molar-refractivity contribution in [2.45, 2.75) is 57.1 Å². The van der Waals surface area contributed by atoms with Gasteiger partial charge in [-0.25, -0.2) is 0 Å². The number of hydrogen-bond acceptors (Lipinski definition) is 2. The Morgan fingerprint density at radius 1 is 1.10 bits per heavy atom. The fraction of sp³-hybridized carbons (Fsp3) is 0.611. The highest BCUT2D eigenvalue weighted by atomic mass is 16.5. The Morgan fingerprint density at radius 3 is 2.52 bits per heavy atom. The second-order valence-electron chi connectivity index (χ2n) is 6.21. The standard InChI is InChI=1S/C18H25NO2/c20-18(17-11-6-14-21-17)19(16-9-4-5-10-16)13-12-15-7-2-1-3-8-15/h1-3,7-8,16-17H,4-6,9-14H2. The summed E-state index contributed by atoms with van der Waals surface area (Å²) in [5, 5.41) is 0. The van der Waals surface area contributed by atoms with Gasteiger partial charge in [0.25, 0.3) is 5.91 Å². The summed E-state index contributed by atoms with van der Waals surface area (Å²) in [6, 6.07) is 10.9. The summed E-state index contributed by atoms with van der Waals surface area (Å²) < 4.78 is 5.62. The summed E-state index contributed by atoms with van der Waals surface area (Å²) in [5.74, 6) is 0.232. The zero-order valence-electron chi connectivity index (χ0n) is 12.7. The molecule has 3 nitrogen and oxygen atoms in total. The number of carbonyl (C=O) groups is 1. The van der Waals surface area contributed by atoms with Crippen LogP contribution in [0.5, 0.6) is 0 Å². The van der Waals surface area contributed by atoms with Crippen LogP contribution >= 0.6 is 0 Å². The van der Waals surface area contributed by atoms with Gasteiger partial charge in [-0.3, -0.25) is 4.79 Å². The van der Waals surface area contributed by atoms with E-state index in [1.807, 2.05) is 6.07 Å². The molecule has 2 fully saturated rings. The molecule has 1 atom stereocenters. The van der Waals surface area contributed by atoms with Crippen molar-refractivity contribution in [3.05, 3.63) is 35.9 Å². The van der Waals surface area contributed by atoms with Crippen LogP contribution < -0.4 is 0 Å². The third kappa shape index (κ3) is 3.65. The van der Waals surface area contributed by atoms with Gasteiger partial charge in [-0.15, -0.1) is 0 Å². The lowest BCUT2D eigenvalue weighted by Crippen LogP contribution is -2.45. The lowest BCUT2D eigenvalue weighted by molar-refractivity contribution is -0.143. The highest BCUT2D eigenvalue weighted by molar-refractivity contribution is 5.81. The number of amides is 1. The van der Waals surface area contributed by atoms with Crippen molar-refractivity contribution in [1.82, 2.24) is 4.90 Å². The fourth-order valence-electron chi connectivity index (χ4n) is 3.54. The predicted octanol–water partition coefficient (Wildman–Crippen LogP) is 3.18. The molecule has 3 rings (SSSR count). The summed E-state index contributed by atoms with van der Waals surface area (Å²) in [4.78, 5) is 14.9. The largest absolute Gasteiger partial charge is 0.368 e. The minimum Gasteiger partial charge on any atom is -0.368 e. The number of hydrogen-bond donors (Lipinski definition) is 0. The molecule has 0 N–H and O–H groups in total. The van der Waals surface area contributed by atoms with Gasteiger partial charge < -0.3 is 9.64 Å². The van der Waals surface area contributed by atoms with Crippen LogP contribution in [0.1, 0.15) is 44.1 Å². The third-order valence-electron chi connectivity index (χ3n) is 4.74. The molecule has 1 aromatic rings. The van der Waals surface area contributed by atoms with E-state index < -0.39 is 0 Å². The molecule has 0 radical (unpaired) electrons. The zero-order chi connectivity index (χ0) is 14.5. The van der Waals surface area contributed by atoms with Crippen molar-refractivity contribution in [3.8, 4) is 0 Å². The Hall–Kier alpha value is -1.35. The van der Waals surface area contributed by atoms with Gasteiger partial charge in [0.05, 0.1) is 0 Å². The zero-order valence-corrected chi connectivity index (χ0v) is 12.7. The Bertz CT molecular complexity index is 448. The number of benzene rings is 1. The third-order valence-corrected chi connectivity index (χ3v) is 4.74. The normalized spacial score (nSPS) is 22.6. The van der Waals surface area contributed by atoms with Gasteiger partial charge in [0.2, 0.25) is 0 Å². The van der Waals surface area contributed by atoms with Crippen LogP contribution in [-0.2, 0) is 16.0 Å². The Balaban J connectivity index is 1.65. The molecule has 21 heavy (non-hydrogen) atoms. The summed E-state index contributed by atoms with van der Waals surface area (Å²) in [6.45, 7) is 1.57. The summed E-state index contributed by atoms with van der Waals surface area (Å²) in [5.41, 5.74) is 1.31. The van der Waals surface area contributed by atoms with Gasteiger partial charge in [0.1, 0.15) is 6.10 Å². The average Bonchev–Trinajstić information content (AvgIpc) is 3.22. The van der Waals surface area contributed by atoms with Crippen molar-refractivity contribution in [1.29, 1.82) is 0 Å². The Labute approximate surface area is 127 Å². The van der Waals surface area contributed by atoms with Gasteiger partial charge >= 0.3 is 0 Å². The minimum atomic E-state index is -0.179. The molecule has 1 saturated heterocycles. The van der Waals surface area contributed by atoms with E-state index in [-0.39, 0.29) is 12.0 Å². The summed E-state index contributed by atoms with van der Waals surface area (Å²) in [7, 11) is 0. The predicted molar refractivity (Wildman–Crippen MR) is 83.1 cm³/mol. The number of nitrogens with zero attached hydrogens (tertiary/aromatic N) is 1. The van der Waals surface area contributed by atoms with E-state index in [1.165, 1.54) is 18.4 Å². The molecule has 1 saturated carbocycles. The molecule has 1 heterocycles. The first kappa shape index (κ1) is 14.6. The van der Waals surface area contributed by atoms with Gasteiger partial charge in [0.15, 0.2) is 0 Å². The van der Waals surface area contributed by atoms with E-state index in [0.29, 0.717) is 6.04 Å². The van der Waals surface area contributed by atoms with Gasteiger partial charge in [-0.1, -0.05) is 43.2 Å². The number of ether oxygens (including phenoxy) is 1. The summed E-state index contributed by atoms with van der Waals surface area (Å²) in [6.07, 6.45) is 7.51. The van der Waals surface area contributed by atoms with Crippen molar-refractivity contribution in [2.75, 3.05) is 13.2 Å². The quantitative estimate of drug-likeness (QED) is 0.832. The second kappa shape index (κ2) is 7.08. The SMILES string of the molecule is O=C(C1CCCO1)N(CCc1ccccc1)C1CCCC1. The van der Waals surface area contributed by atoms with E-state index in [9.17, 15) is 4.79 Å². The maximum absolute atomic E-state index is 12.8. The molecule has 0 bridgehead atoms. The molecule has 114 valence electrons. The molecule has 3 heteroatoms. The molecule has 1 aliphatic carbocycles. The molecule has 1 aromatic carbocycles. The number of rotatable bonds is 5. The highest BCUT2D eigenvalue weighted by Crippen LogP contribution is 2.26. The van der Waals surface area contributed by atoms with Crippen LogP contribution in [0.15, 0.2) is 30.3 Å². The van der Waals surface area contributed by atoms with Crippen molar-refractivity contribution < 1.29 is 9.53 Å². The molecule has 0 spiro atoms. The van der Waals surface area contributed by atoms with E-state index >= 15 is 0 Å². The molecule has 1 amide bonds. The molecule has 0 aromatic heterocycles. The monoisotopic (exact) mass is 287 g/mol. The van der Waals surface area contributed by atoms with E-state index in [4.69, 9.17) is 4.74 Å². The van der Waals surface area contributed by atoms with Crippen LogP contribution in [0, 0.1) is 0 Å². The Kier molecular flexibility index (Phi) is 4.91. The Morgan fingerprint density at radius 2 is 1.86 bits per heavy atom. The number of carbonyl (C=O) groups excluding carboxylic acids is 1. The maximum atomic E-state index is 12.8. The lowest BCUT2D eigenvalue weighted by atomic mass is 10.1. The molecule has 1 aliphatic heterocycles. The van der Waals surface area contributed by atoms with Crippen LogP contribution in [0.3, 0.4) is 0 Å². The van der Waals surface area contributed by atoms with Crippen LogP contribution in [-0.4, -0.2) is 36.1 Å². The van der Waals surface area contributed by atoms with Crippen molar-refractivity contribution in [3.63, 3.8) is 0 Å². The van der Waals surface area contributed by atoms with Gasteiger partial charge in [-0.05, 0) is 37.7 Å². The fourth-order valence-corrected chi connectivity index (χ4v) is 3.54. The van der Waals surface area contributed by atoms with Crippen LogP contribution in [0.25, 0.3) is 0 Å². The first-order chi connectivity index (χ1) is 10.3. The molecule has 1 unspecified atom stereocenters. The lowest BCUT2D eigenvalue weighted by Gasteiger charge is -2.31. The van der Waals surface area contributed by atoms with E-state index in [0.717, 1.165) is 45.3 Å². The maximum Gasteiger partial charge on any atom is 0.251 e.